The lowest BCUT2D eigenvalue weighted by Gasteiger charge is -2.09. The highest BCUT2D eigenvalue weighted by Crippen LogP contribution is 2.42. The van der Waals surface area contributed by atoms with Crippen LogP contribution in [0.3, 0.4) is 0 Å². The summed E-state index contributed by atoms with van der Waals surface area (Å²) in [7, 11) is 0. The molecule has 0 aliphatic heterocycles. The Morgan fingerprint density at radius 3 is 1.11 bits per heavy atom. The summed E-state index contributed by atoms with van der Waals surface area (Å²) >= 11 is 0. The summed E-state index contributed by atoms with van der Waals surface area (Å²) < 4.78 is 0. The van der Waals surface area contributed by atoms with E-state index in [1.807, 2.05) is 0 Å². The van der Waals surface area contributed by atoms with Gasteiger partial charge in [-0.15, -0.1) is 0 Å². The van der Waals surface area contributed by atoms with Crippen molar-refractivity contribution in [3.8, 4) is 0 Å². The first-order valence-corrected chi connectivity index (χ1v) is 12.5. The fourth-order valence-electron chi connectivity index (χ4n) is 6.55. The summed E-state index contributed by atoms with van der Waals surface area (Å²) in [6, 6.07) is 40.0. The van der Waals surface area contributed by atoms with Gasteiger partial charge in [-0.1, -0.05) is 84.9 Å². The summed E-state index contributed by atoms with van der Waals surface area (Å²) in [4.78, 5) is 7.35. The van der Waals surface area contributed by atoms with Crippen LogP contribution in [0.2, 0.25) is 0 Å². The maximum atomic E-state index is 3.68. The van der Waals surface area contributed by atoms with E-state index in [0.717, 1.165) is 0 Å². The van der Waals surface area contributed by atoms with E-state index in [1.54, 1.807) is 0 Å². The van der Waals surface area contributed by atoms with Crippen LogP contribution >= 0.6 is 0 Å². The molecule has 7 aromatic carbocycles. The zero-order valence-corrected chi connectivity index (χ0v) is 19.4. The van der Waals surface area contributed by atoms with E-state index in [-0.39, 0.29) is 0 Å². The van der Waals surface area contributed by atoms with Gasteiger partial charge in [0.1, 0.15) is 0 Å². The maximum Gasteiger partial charge on any atom is 0.0471 e. The van der Waals surface area contributed by atoms with Crippen LogP contribution in [0.25, 0.3) is 86.7 Å². The van der Waals surface area contributed by atoms with Crippen molar-refractivity contribution in [1.82, 2.24) is 9.97 Å². The molecule has 2 heterocycles. The molecule has 0 amide bonds. The normalized spacial score (nSPS) is 12.4. The Balaban J connectivity index is 1.50. The minimum Gasteiger partial charge on any atom is -0.354 e. The van der Waals surface area contributed by atoms with Crippen LogP contribution in [0.5, 0.6) is 0 Å². The van der Waals surface area contributed by atoms with Gasteiger partial charge in [0.25, 0.3) is 0 Å². The molecule has 0 fully saturated rings. The fourth-order valence-corrected chi connectivity index (χ4v) is 6.55. The molecular formula is C34H20N2. The topological polar surface area (TPSA) is 31.6 Å². The number of fused-ring (bicyclic) bond motifs is 15. The second kappa shape index (κ2) is 6.44. The molecule has 0 saturated carbocycles. The van der Waals surface area contributed by atoms with Gasteiger partial charge >= 0.3 is 0 Å². The Bertz CT molecular complexity index is 2200. The predicted molar refractivity (Wildman–Crippen MR) is 155 cm³/mol. The number of rotatable bonds is 0. The van der Waals surface area contributed by atoms with Gasteiger partial charge in [-0.05, 0) is 67.4 Å². The molecule has 9 rings (SSSR count). The quantitative estimate of drug-likeness (QED) is 0.213. The lowest BCUT2D eigenvalue weighted by Crippen LogP contribution is -1.82. The monoisotopic (exact) mass is 456 g/mol. The molecule has 2 N–H and O–H groups in total. The number of benzene rings is 7. The molecule has 2 aromatic heterocycles. The molecule has 2 nitrogen and oxygen atoms in total. The Morgan fingerprint density at radius 2 is 0.639 bits per heavy atom. The van der Waals surface area contributed by atoms with Crippen LogP contribution in [-0.2, 0) is 0 Å². The Labute approximate surface area is 205 Å². The van der Waals surface area contributed by atoms with E-state index in [9.17, 15) is 0 Å². The highest BCUT2D eigenvalue weighted by atomic mass is 14.7. The average Bonchev–Trinajstić information content (AvgIpc) is 3.51. The molecule has 0 radical (unpaired) electrons. The number of nitrogens with one attached hydrogen (secondary N) is 2. The predicted octanol–water partition coefficient (Wildman–Crippen LogP) is 9.57. The number of hydrogen-bond acceptors (Lipinski definition) is 0. The Hall–Kier alpha value is -4.82. The van der Waals surface area contributed by atoms with Crippen molar-refractivity contribution in [3.63, 3.8) is 0 Å². The van der Waals surface area contributed by atoms with E-state index in [0.29, 0.717) is 0 Å². The molecule has 0 aliphatic carbocycles. The van der Waals surface area contributed by atoms with Crippen LogP contribution in [-0.4, -0.2) is 9.97 Å². The van der Waals surface area contributed by atoms with E-state index < -0.39 is 0 Å². The smallest absolute Gasteiger partial charge is 0.0471 e. The second-order valence-electron chi connectivity index (χ2n) is 9.90. The molecule has 0 unspecified atom stereocenters. The van der Waals surface area contributed by atoms with Gasteiger partial charge in [-0.25, -0.2) is 0 Å². The minimum absolute atomic E-state index is 1.19. The van der Waals surface area contributed by atoms with Crippen LogP contribution < -0.4 is 0 Å². The third-order valence-corrected chi connectivity index (χ3v) is 8.09. The van der Waals surface area contributed by atoms with Crippen molar-refractivity contribution in [2.45, 2.75) is 0 Å². The van der Waals surface area contributed by atoms with Gasteiger partial charge in [-0.2, -0.15) is 0 Å². The van der Waals surface area contributed by atoms with Gasteiger partial charge in [0.2, 0.25) is 0 Å². The van der Waals surface area contributed by atoms with Gasteiger partial charge in [-0.3, -0.25) is 0 Å². The fraction of sp³-hybridized carbons (Fsp3) is 0. The Morgan fingerprint density at radius 1 is 0.278 bits per heavy atom. The zero-order valence-electron chi connectivity index (χ0n) is 19.4. The largest absolute Gasteiger partial charge is 0.354 e. The lowest BCUT2D eigenvalue weighted by atomic mass is 9.94. The van der Waals surface area contributed by atoms with E-state index >= 15 is 0 Å². The lowest BCUT2D eigenvalue weighted by molar-refractivity contribution is 1.55. The van der Waals surface area contributed by atoms with Crippen molar-refractivity contribution >= 4 is 86.7 Å². The molecule has 36 heavy (non-hydrogen) atoms. The summed E-state index contributed by atoms with van der Waals surface area (Å²) in [5.41, 5.74) is 4.75. The summed E-state index contributed by atoms with van der Waals surface area (Å²) in [6.07, 6.45) is 0. The van der Waals surface area contributed by atoms with E-state index in [2.05, 4.69) is 119 Å². The van der Waals surface area contributed by atoms with Crippen LogP contribution in [0.4, 0.5) is 0 Å². The molecule has 166 valence electrons. The van der Waals surface area contributed by atoms with E-state index in [1.165, 1.54) is 86.7 Å². The number of aromatic amines is 2. The summed E-state index contributed by atoms with van der Waals surface area (Å²) in [5.74, 6) is 0. The first kappa shape index (κ1) is 18.5. The first-order valence-electron chi connectivity index (χ1n) is 12.5. The molecule has 9 aromatic rings. The van der Waals surface area contributed by atoms with Crippen molar-refractivity contribution in [2.24, 2.45) is 0 Å². The van der Waals surface area contributed by atoms with E-state index in [4.69, 9.17) is 0 Å². The number of H-pyrrole nitrogens is 2. The minimum atomic E-state index is 1.19. The van der Waals surface area contributed by atoms with Gasteiger partial charge in [0.15, 0.2) is 0 Å². The van der Waals surface area contributed by atoms with Crippen LogP contribution in [0.15, 0.2) is 109 Å². The zero-order chi connectivity index (χ0) is 23.4. The molecule has 2 heteroatoms. The first-order chi connectivity index (χ1) is 17.8. The third-order valence-electron chi connectivity index (χ3n) is 8.09. The number of hydrogen-bond donors (Lipinski definition) is 2. The van der Waals surface area contributed by atoms with Crippen LogP contribution in [0.1, 0.15) is 0 Å². The molecule has 0 saturated heterocycles. The second-order valence-corrected chi connectivity index (χ2v) is 9.90. The average molecular weight is 457 g/mol. The summed E-state index contributed by atoms with van der Waals surface area (Å²) in [6.45, 7) is 0. The van der Waals surface area contributed by atoms with Gasteiger partial charge < -0.3 is 9.97 Å². The van der Waals surface area contributed by atoms with Crippen molar-refractivity contribution in [3.05, 3.63) is 109 Å². The molecular weight excluding hydrogens is 436 g/mol. The van der Waals surface area contributed by atoms with Crippen molar-refractivity contribution in [2.75, 3.05) is 0 Å². The summed E-state index contributed by atoms with van der Waals surface area (Å²) in [5, 5.41) is 15.6. The standard InChI is InChI=1S/C34H20N2/c1-3-7-21-19(5-1)9-15-27-31(21)33-25-11-12-26-24(23(25)13-17-29(33)35-27)14-18-30-34(26)32-22-8-4-2-6-20(22)10-16-28(32)36-30/h1-18,35-36H. The van der Waals surface area contributed by atoms with Gasteiger partial charge in [0.05, 0.1) is 0 Å². The van der Waals surface area contributed by atoms with Gasteiger partial charge in [0, 0.05) is 43.6 Å². The highest BCUT2D eigenvalue weighted by molar-refractivity contribution is 6.34. The molecule has 0 aliphatic rings. The van der Waals surface area contributed by atoms with Crippen molar-refractivity contribution in [1.29, 1.82) is 0 Å². The number of aromatic nitrogens is 2. The maximum absolute atomic E-state index is 3.68. The molecule has 0 bridgehead atoms. The van der Waals surface area contributed by atoms with Crippen LogP contribution in [0, 0.1) is 0 Å². The SMILES string of the molecule is c1ccc2c(c1)ccc1[nH]c3ccc4c5ccc6[nH]c7ccc8ccccc8c7c6c5ccc4c3c12. The van der Waals surface area contributed by atoms with Crippen molar-refractivity contribution < 1.29 is 0 Å². The molecule has 0 spiro atoms. The Kier molecular flexibility index (Phi) is 3.31. The molecule has 0 atom stereocenters. The third kappa shape index (κ3) is 2.22. The highest BCUT2D eigenvalue weighted by Gasteiger charge is 2.16.